The Labute approximate surface area is 155 Å². The summed E-state index contributed by atoms with van der Waals surface area (Å²) in [5.41, 5.74) is 1.60. The molecule has 6 nitrogen and oxygen atoms in total. The fourth-order valence-electron chi connectivity index (χ4n) is 2.09. The molecule has 3 rings (SSSR count). The second-order valence-corrected chi connectivity index (χ2v) is 6.63. The molecular formula is C16H13BrFN5OS. The Kier molecular flexibility index (Phi) is 5.34. The van der Waals surface area contributed by atoms with Crippen LogP contribution in [0.15, 0.2) is 40.4 Å². The third-order valence-corrected chi connectivity index (χ3v) is 4.71. The summed E-state index contributed by atoms with van der Waals surface area (Å²) in [6.07, 6.45) is 2.98. The largest absolute Gasteiger partial charge is 0.338 e. The number of thiazole rings is 1. The summed E-state index contributed by atoms with van der Waals surface area (Å²) in [4.78, 5) is 23.9. The smallest absolute Gasteiger partial charge is 0.320 e. The molecule has 0 atom stereocenters. The van der Waals surface area contributed by atoms with Crippen LogP contribution in [-0.2, 0) is 0 Å². The van der Waals surface area contributed by atoms with Gasteiger partial charge in [-0.1, -0.05) is 0 Å². The van der Waals surface area contributed by atoms with Crippen molar-refractivity contribution in [2.75, 3.05) is 11.9 Å². The molecular weight excluding hydrogens is 409 g/mol. The maximum Gasteiger partial charge on any atom is 0.320 e. The van der Waals surface area contributed by atoms with Gasteiger partial charge in [-0.25, -0.2) is 19.7 Å². The van der Waals surface area contributed by atoms with Gasteiger partial charge in [0.1, 0.15) is 10.8 Å². The van der Waals surface area contributed by atoms with E-state index in [9.17, 15) is 9.18 Å². The van der Waals surface area contributed by atoms with E-state index in [0.29, 0.717) is 28.6 Å². The van der Waals surface area contributed by atoms with Crippen molar-refractivity contribution < 1.29 is 9.18 Å². The van der Waals surface area contributed by atoms with Crippen LogP contribution >= 0.6 is 27.3 Å². The molecule has 2 amide bonds. The molecule has 3 aromatic heterocycles. The fraction of sp³-hybridized carbons (Fsp3) is 0.125. The van der Waals surface area contributed by atoms with Gasteiger partial charge in [0, 0.05) is 34.4 Å². The van der Waals surface area contributed by atoms with Crippen molar-refractivity contribution in [3.05, 3.63) is 46.4 Å². The van der Waals surface area contributed by atoms with Crippen LogP contribution in [0, 0.1) is 5.95 Å². The second kappa shape index (κ2) is 7.66. The van der Waals surface area contributed by atoms with Crippen LogP contribution in [-0.4, -0.2) is 27.5 Å². The number of urea groups is 1. The molecule has 0 bridgehead atoms. The predicted octanol–water partition coefficient (Wildman–Crippen LogP) is 4.31. The maximum atomic E-state index is 13.8. The number of anilines is 1. The molecule has 0 fully saturated rings. The number of carbonyl (C=O) groups excluding carboxylic acids is 1. The minimum Gasteiger partial charge on any atom is -0.338 e. The van der Waals surface area contributed by atoms with E-state index in [2.05, 4.69) is 41.5 Å². The van der Waals surface area contributed by atoms with E-state index in [1.807, 2.05) is 6.92 Å². The van der Waals surface area contributed by atoms with Gasteiger partial charge in [-0.3, -0.25) is 5.32 Å². The van der Waals surface area contributed by atoms with E-state index in [0.717, 1.165) is 10.0 Å². The van der Waals surface area contributed by atoms with E-state index in [4.69, 9.17) is 0 Å². The van der Waals surface area contributed by atoms with E-state index < -0.39 is 5.95 Å². The van der Waals surface area contributed by atoms with E-state index >= 15 is 0 Å². The number of halogens is 2. The van der Waals surface area contributed by atoms with Crippen LogP contribution in [0.2, 0.25) is 0 Å². The van der Waals surface area contributed by atoms with Gasteiger partial charge in [0.25, 0.3) is 0 Å². The summed E-state index contributed by atoms with van der Waals surface area (Å²) >= 11 is 4.80. The Hall–Kier alpha value is -2.39. The van der Waals surface area contributed by atoms with Gasteiger partial charge in [-0.2, -0.15) is 4.39 Å². The Morgan fingerprint density at radius 1 is 1.36 bits per heavy atom. The topological polar surface area (TPSA) is 79.8 Å². The SMILES string of the molecule is CCNC(=O)Nc1cc(-c2nc(-c3cccnc3F)cs2)c(Br)cn1. The van der Waals surface area contributed by atoms with Crippen molar-refractivity contribution in [3.63, 3.8) is 0 Å². The zero-order valence-electron chi connectivity index (χ0n) is 13.1. The average molecular weight is 422 g/mol. The Morgan fingerprint density at radius 2 is 2.20 bits per heavy atom. The Morgan fingerprint density at radius 3 is 2.96 bits per heavy atom. The van der Waals surface area contributed by atoms with Gasteiger partial charge >= 0.3 is 6.03 Å². The first kappa shape index (κ1) is 17.4. The van der Waals surface area contributed by atoms with Crippen molar-refractivity contribution in [1.29, 1.82) is 0 Å². The number of nitrogens with one attached hydrogen (secondary N) is 2. The molecule has 0 aromatic carbocycles. The summed E-state index contributed by atoms with van der Waals surface area (Å²) in [5, 5.41) is 7.72. The molecule has 25 heavy (non-hydrogen) atoms. The van der Waals surface area contributed by atoms with Gasteiger partial charge in [-0.05, 0) is 41.1 Å². The van der Waals surface area contributed by atoms with Gasteiger partial charge in [0.05, 0.1) is 11.3 Å². The van der Waals surface area contributed by atoms with Crippen LogP contribution in [0.25, 0.3) is 21.8 Å². The van der Waals surface area contributed by atoms with Crippen molar-refractivity contribution in [3.8, 4) is 21.8 Å². The van der Waals surface area contributed by atoms with Crippen LogP contribution in [0.3, 0.4) is 0 Å². The van der Waals surface area contributed by atoms with Gasteiger partial charge in [-0.15, -0.1) is 11.3 Å². The molecule has 9 heteroatoms. The van der Waals surface area contributed by atoms with Crippen molar-refractivity contribution in [1.82, 2.24) is 20.3 Å². The average Bonchev–Trinajstić information content (AvgIpc) is 3.07. The molecule has 128 valence electrons. The Bertz CT molecular complexity index is 917. The lowest BCUT2D eigenvalue weighted by molar-refractivity contribution is 0.252. The standard InChI is InChI=1S/C16H13BrFN5OS/c1-2-19-16(24)23-13-6-10(11(17)7-21-13)15-22-12(8-25-15)9-4-3-5-20-14(9)18/h3-8H,2H2,1H3,(H2,19,21,23,24). The van der Waals surface area contributed by atoms with Crippen LogP contribution < -0.4 is 10.6 Å². The van der Waals surface area contributed by atoms with Gasteiger partial charge in [0.2, 0.25) is 5.95 Å². The van der Waals surface area contributed by atoms with E-state index in [1.54, 1.807) is 29.8 Å². The third-order valence-electron chi connectivity index (χ3n) is 3.20. The molecule has 0 radical (unpaired) electrons. The van der Waals surface area contributed by atoms with Crippen LogP contribution in [0.5, 0.6) is 0 Å². The molecule has 0 saturated heterocycles. The molecule has 0 aliphatic carbocycles. The number of amides is 2. The lowest BCUT2D eigenvalue weighted by Gasteiger charge is -2.07. The molecule has 0 saturated carbocycles. The van der Waals surface area contributed by atoms with Crippen LogP contribution in [0.1, 0.15) is 6.92 Å². The molecule has 0 aliphatic rings. The highest BCUT2D eigenvalue weighted by atomic mass is 79.9. The lowest BCUT2D eigenvalue weighted by atomic mass is 10.2. The fourth-order valence-corrected chi connectivity index (χ4v) is 3.48. The zero-order chi connectivity index (χ0) is 17.8. The number of rotatable bonds is 4. The van der Waals surface area contributed by atoms with Crippen molar-refractivity contribution in [2.24, 2.45) is 0 Å². The predicted molar refractivity (Wildman–Crippen MR) is 98.9 cm³/mol. The number of pyridine rings is 2. The maximum absolute atomic E-state index is 13.8. The summed E-state index contributed by atoms with van der Waals surface area (Å²) in [6, 6.07) is 4.67. The van der Waals surface area contributed by atoms with Gasteiger partial charge < -0.3 is 5.32 Å². The second-order valence-electron chi connectivity index (χ2n) is 4.91. The molecule has 3 aromatic rings. The number of carbonyl (C=O) groups is 1. The number of aromatic nitrogens is 3. The summed E-state index contributed by atoms with van der Waals surface area (Å²) < 4.78 is 14.5. The highest BCUT2D eigenvalue weighted by molar-refractivity contribution is 9.10. The minimum absolute atomic E-state index is 0.333. The highest BCUT2D eigenvalue weighted by Gasteiger charge is 2.14. The van der Waals surface area contributed by atoms with Crippen LogP contribution in [0.4, 0.5) is 15.0 Å². The lowest BCUT2D eigenvalue weighted by Crippen LogP contribution is -2.28. The monoisotopic (exact) mass is 421 g/mol. The summed E-state index contributed by atoms with van der Waals surface area (Å²) in [6.45, 7) is 2.34. The molecule has 2 N–H and O–H groups in total. The summed E-state index contributed by atoms with van der Waals surface area (Å²) in [7, 11) is 0. The number of nitrogens with zero attached hydrogens (tertiary/aromatic N) is 3. The van der Waals surface area contributed by atoms with Gasteiger partial charge in [0.15, 0.2) is 0 Å². The Balaban J connectivity index is 1.92. The molecule has 0 unspecified atom stereocenters. The third kappa shape index (κ3) is 3.99. The zero-order valence-corrected chi connectivity index (χ0v) is 15.5. The molecule has 0 spiro atoms. The highest BCUT2D eigenvalue weighted by Crippen LogP contribution is 2.34. The van der Waals surface area contributed by atoms with Crippen molar-refractivity contribution >= 4 is 39.1 Å². The number of hydrogen-bond acceptors (Lipinski definition) is 5. The first-order chi connectivity index (χ1) is 12.1. The molecule has 3 heterocycles. The normalized spacial score (nSPS) is 10.5. The van der Waals surface area contributed by atoms with Crippen molar-refractivity contribution in [2.45, 2.75) is 6.92 Å². The summed E-state index contributed by atoms with van der Waals surface area (Å²) in [5.74, 6) is -0.166. The number of hydrogen-bond donors (Lipinski definition) is 2. The minimum atomic E-state index is -0.563. The first-order valence-electron chi connectivity index (χ1n) is 7.35. The van der Waals surface area contributed by atoms with E-state index in [1.165, 1.54) is 17.5 Å². The molecule has 0 aliphatic heterocycles. The quantitative estimate of drug-likeness (QED) is 0.615. The first-order valence-corrected chi connectivity index (χ1v) is 9.03. The van der Waals surface area contributed by atoms with E-state index in [-0.39, 0.29) is 6.03 Å².